The summed E-state index contributed by atoms with van der Waals surface area (Å²) in [5.74, 6) is -0.654. The first-order chi connectivity index (χ1) is 7.63. The fraction of sp³-hybridized carbons (Fsp3) is 0.273. The lowest BCUT2D eigenvalue weighted by Gasteiger charge is -2.12. The van der Waals surface area contributed by atoms with Crippen molar-refractivity contribution in [1.82, 2.24) is 4.90 Å². The number of amides is 1. The molecule has 0 saturated carbocycles. The molecule has 1 heterocycles. The predicted octanol–water partition coefficient (Wildman–Crippen LogP) is 1.39. The zero-order valence-corrected chi connectivity index (χ0v) is 9.99. The van der Waals surface area contributed by atoms with Crippen LogP contribution in [0, 0.1) is 0 Å². The highest BCUT2D eigenvalue weighted by Gasteiger charge is 2.09. The van der Waals surface area contributed by atoms with E-state index in [1.807, 2.05) is 17.5 Å². The molecule has 1 rings (SSSR count). The van der Waals surface area contributed by atoms with E-state index >= 15 is 0 Å². The largest absolute Gasteiger partial charge is 0.468 e. The molecule has 0 radical (unpaired) electrons. The van der Waals surface area contributed by atoms with Gasteiger partial charge in [0.2, 0.25) is 5.91 Å². The SMILES string of the molecule is COC(=O)CN(C)C(=O)/C=C/c1cccs1. The van der Waals surface area contributed by atoms with Crippen molar-refractivity contribution in [3.8, 4) is 0 Å². The van der Waals surface area contributed by atoms with E-state index in [9.17, 15) is 9.59 Å². The highest BCUT2D eigenvalue weighted by Crippen LogP contribution is 2.10. The molecule has 0 aliphatic heterocycles. The van der Waals surface area contributed by atoms with E-state index in [0.717, 1.165) is 4.88 Å². The number of hydrogen-bond acceptors (Lipinski definition) is 4. The van der Waals surface area contributed by atoms with E-state index in [0.29, 0.717) is 0 Å². The number of thiophene rings is 1. The highest BCUT2D eigenvalue weighted by atomic mass is 32.1. The third-order valence-electron chi connectivity index (χ3n) is 1.90. The molecule has 1 aromatic rings. The van der Waals surface area contributed by atoms with Gasteiger partial charge in [0, 0.05) is 18.0 Å². The molecular weight excluding hydrogens is 226 g/mol. The summed E-state index contributed by atoms with van der Waals surface area (Å²) in [6.07, 6.45) is 3.16. The fourth-order valence-corrected chi connectivity index (χ4v) is 1.62. The first-order valence-electron chi connectivity index (χ1n) is 4.67. The molecule has 0 aliphatic rings. The predicted molar refractivity (Wildman–Crippen MR) is 63.0 cm³/mol. The van der Waals surface area contributed by atoms with Crippen molar-refractivity contribution in [3.05, 3.63) is 28.5 Å². The minimum Gasteiger partial charge on any atom is -0.468 e. The second-order valence-corrected chi connectivity index (χ2v) is 4.10. The summed E-state index contributed by atoms with van der Waals surface area (Å²) in [4.78, 5) is 24.7. The lowest BCUT2D eigenvalue weighted by Crippen LogP contribution is -2.31. The second-order valence-electron chi connectivity index (χ2n) is 3.12. The Morgan fingerprint density at radius 2 is 2.31 bits per heavy atom. The van der Waals surface area contributed by atoms with E-state index in [-0.39, 0.29) is 12.5 Å². The summed E-state index contributed by atoms with van der Waals surface area (Å²) in [6, 6.07) is 3.82. The van der Waals surface area contributed by atoms with Crippen LogP contribution in [-0.4, -0.2) is 37.5 Å². The van der Waals surface area contributed by atoms with Gasteiger partial charge < -0.3 is 9.64 Å². The van der Waals surface area contributed by atoms with Crippen molar-refractivity contribution in [2.75, 3.05) is 20.7 Å². The van der Waals surface area contributed by atoms with Crippen molar-refractivity contribution >= 4 is 29.3 Å². The van der Waals surface area contributed by atoms with Crippen molar-refractivity contribution < 1.29 is 14.3 Å². The molecule has 0 N–H and O–H groups in total. The fourth-order valence-electron chi connectivity index (χ4n) is 1.00. The van der Waals surface area contributed by atoms with Crippen LogP contribution in [0.25, 0.3) is 6.08 Å². The number of likely N-dealkylation sites (N-methyl/N-ethyl adjacent to an activating group) is 1. The van der Waals surface area contributed by atoms with Gasteiger partial charge in [-0.15, -0.1) is 11.3 Å². The summed E-state index contributed by atoms with van der Waals surface area (Å²) < 4.78 is 4.47. The lowest BCUT2D eigenvalue weighted by molar-refractivity contribution is -0.144. The maximum Gasteiger partial charge on any atom is 0.325 e. The maximum absolute atomic E-state index is 11.5. The van der Waals surface area contributed by atoms with Gasteiger partial charge in [0.05, 0.1) is 7.11 Å². The summed E-state index contributed by atoms with van der Waals surface area (Å²) in [5, 5.41) is 1.93. The Labute approximate surface area is 98.1 Å². The molecule has 0 bridgehead atoms. The molecule has 0 unspecified atom stereocenters. The van der Waals surface area contributed by atoms with Gasteiger partial charge in [0.1, 0.15) is 6.54 Å². The first-order valence-corrected chi connectivity index (χ1v) is 5.55. The Kier molecular flexibility index (Phi) is 4.72. The van der Waals surface area contributed by atoms with Crippen molar-refractivity contribution in [2.24, 2.45) is 0 Å². The molecule has 0 saturated heterocycles. The van der Waals surface area contributed by atoms with Gasteiger partial charge in [0.25, 0.3) is 0 Å². The Morgan fingerprint density at radius 1 is 1.56 bits per heavy atom. The standard InChI is InChI=1S/C11H13NO3S/c1-12(8-11(14)15-2)10(13)6-5-9-4-3-7-16-9/h3-7H,8H2,1-2H3/b6-5+. The zero-order chi connectivity index (χ0) is 12.0. The zero-order valence-electron chi connectivity index (χ0n) is 9.17. The number of hydrogen-bond donors (Lipinski definition) is 0. The van der Waals surface area contributed by atoms with Crippen LogP contribution >= 0.6 is 11.3 Å². The Morgan fingerprint density at radius 3 is 2.88 bits per heavy atom. The number of carbonyl (C=O) groups excluding carboxylic acids is 2. The van der Waals surface area contributed by atoms with E-state index in [4.69, 9.17) is 0 Å². The van der Waals surface area contributed by atoms with E-state index in [1.165, 1.54) is 18.1 Å². The molecule has 1 aromatic heterocycles. The molecule has 86 valence electrons. The van der Waals surface area contributed by atoms with E-state index < -0.39 is 5.97 Å². The summed E-state index contributed by atoms with van der Waals surface area (Å²) in [6.45, 7) is -0.0376. The van der Waals surface area contributed by atoms with Crippen LogP contribution in [0.4, 0.5) is 0 Å². The summed E-state index contributed by atoms with van der Waals surface area (Å²) >= 11 is 1.55. The van der Waals surface area contributed by atoms with Crippen LogP contribution < -0.4 is 0 Å². The Balaban J connectivity index is 2.49. The lowest BCUT2D eigenvalue weighted by atomic mass is 10.4. The average molecular weight is 239 g/mol. The average Bonchev–Trinajstić information content (AvgIpc) is 2.78. The second kappa shape index (κ2) is 6.07. The number of rotatable bonds is 4. The van der Waals surface area contributed by atoms with Crippen LogP contribution in [0.15, 0.2) is 23.6 Å². The molecule has 0 fully saturated rings. The quantitative estimate of drug-likeness (QED) is 0.589. The van der Waals surface area contributed by atoms with Gasteiger partial charge in [0.15, 0.2) is 0 Å². The maximum atomic E-state index is 11.5. The van der Waals surface area contributed by atoms with Gasteiger partial charge in [-0.05, 0) is 17.5 Å². The van der Waals surface area contributed by atoms with Gasteiger partial charge in [-0.3, -0.25) is 9.59 Å². The molecule has 0 atom stereocenters. The monoisotopic (exact) mass is 239 g/mol. The normalized spacial score (nSPS) is 10.4. The summed E-state index contributed by atoms with van der Waals surface area (Å²) in [7, 11) is 2.85. The van der Waals surface area contributed by atoms with Crippen LogP contribution in [0.3, 0.4) is 0 Å². The van der Waals surface area contributed by atoms with Crippen LogP contribution in [-0.2, 0) is 14.3 Å². The molecule has 5 heteroatoms. The van der Waals surface area contributed by atoms with Gasteiger partial charge >= 0.3 is 5.97 Å². The smallest absolute Gasteiger partial charge is 0.325 e. The van der Waals surface area contributed by atoms with E-state index in [1.54, 1.807) is 24.5 Å². The number of nitrogens with zero attached hydrogens (tertiary/aromatic N) is 1. The molecule has 0 aromatic carbocycles. The van der Waals surface area contributed by atoms with Crippen LogP contribution in [0.5, 0.6) is 0 Å². The van der Waals surface area contributed by atoms with Crippen molar-refractivity contribution in [1.29, 1.82) is 0 Å². The third kappa shape index (κ3) is 3.86. The molecule has 0 aliphatic carbocycles. The minimum absolute atomic E-state index is 0.0376. The summed E-state index contributed by atoms with van der Waals surface area (Å²) in [5.41, 5.74) is 0. The Hall–Kier alpha value is -1.62. The van der Waals surface area contributed by atoms with E-state index in [2.05, 4.69) is 4.74 Å². The number of esters is 1. The number of carbonyl (C=O) groups is 2. The number of methoxy groups -OCH3 is 1. The topological polar surface area (TPSA) is 46.6 Å². The Bertz CT molecular complexity index is 384. The highest BCUT2D eigenvalue weighted by molar-refractivity contribution is 7.10. The minimum atomic E-state index is -0.430. The molecule has 4 nitrogen and oxygen atoms in total. The van der Waals surface area contributed by atoms with Gasteiger partial charge in [-0.1, -0.05) is 6.07 Å². The molecule has 0 spiro atoms. The van der Waals surface area contributed by atoms with Crippen molar-refractivity contribution in [2.45, 2.75) is 0 Å². The van der Waals surface area contributed by atoms with Gasteiger partial charge in [-0.25, -0.2) is 0 Å². The number of ether oxygens (including phenoxy) is 1. The first kappa shape index (κ1) is 12.4. The molecule has 1 amide bonds. The third-order valence-corrected chi connectivity index (χ3v) is 2.74. The van der Waals surface area contributed by atoms with Gasteiger partial charge in [-0.2, -0.15) is 0 Å². The van der Waals surface area contributed by atoms with Crippen LogP contribution in [0.2, 0.25) is 0 Å². The molecule has 16 heavy (non-hydrogen) atoms. The van der Waals surface area contributed by atoms with Crippen molar-refractivity contribution in [3.63, 3.8) is 0 Å². The molecular formula is C11H13NO3S. The van der Waals surface area contributed by atoms with Crippen LogP contribution in [0.1, 0.15) is 4.88 Å².